The Kier molecular flexibility index (Phi) is 5.88. The van der Waals surface area contributed by atoms with Gasteiger partial charge in [0.05, 0.1) is 10.1 Å². The molecule has 0 radical (unpaired) electrons. The Labute approximate surface area is 183 Å². The first-order chi connectivity index (χ1) is 14.8. The van der Waals surface area contributed by atoms with E-state index in [1.165, 1.54) is 24.1 Å². The third kappa shape index (κ3) is 4.24. The summed E-state index contributed by atoms with van der Waals surface area (Å²) in [4.78, 5) is 26.3. The Morgan fingerprint density at radius 3 is 2.61 bits per heavy atom. The van der Waals surface area contributed by atoms with Crippen molar-refractivity contribution < 1.29 is 18.0 Å². The molecule has 1 heterocycles. The molecule has 7 heteroatoms. The summed E-state index contributed by atoms with van der Waals surface area (Å²) in [6.07, 6.45) is 4.73. The minimum Gasteiger partial charge on any atom is -0.326 e. The molecule has 1 aliphatic carbocycles. The van der Waals surface area contributed by atoms with Crippen molar-refractivity contribution in [1.29, 1.82) is 0 Å². The summed E-state index contributed by atoms with van der Waals surface area (Å²) < 4.78 is 26.2. The van der Waals surface area contributed by atoms with Crippen LogP contribution in [-0.4, -0.2) is 32.0 Å². The molecule has 0 unspecified atom stereocenters. The van der Waals surface area contributed by atoms with Gasteiger partial charge in [0.15, 0.2) is 9.84 Å². The van der Waals surface area contributed by atoms with Crippen molar-refractivity contribution in [2.24, 2.45) is 0 Å². The van der Waals surface area contributed by atoms with Gasteiger partial charge in [-0.1, -0.05) is 12.1 Å². The molecule has 2 aromatic carbocycles. The van der Waals surface area contributed by atoms with Crippen molar-refractivity contribution in [1.82, 2.24) is 0 Å². The standard InChI is InChI=1S/C24H28N2O4S/c1-16(14-24(28)25-22-9-5-7-18-6-3-4-8-21(18)22)31(29,30)20-10-11-23-19(15-20)12-13-26(23)17(2)27/h5,7,9-11,15-16H,3-4,6,8,12-14H2,1-2H3,(H,25,28)/t16-/m0/s1. The number of carbonyl (C=O) groups excluding carboxylic acids is 2. The topological polar surface area (TPSA) is 83.6 Å². The van der Waals surface area contributed by atoms with E-state index in [0.717, 1.165) is 42.6 Å². The van der Waals surface area contributed by atoms with Gasteiger partial charge in [-0.05, 0) is 80.0 Å². The van der Waals surface area contributed by atoms with Crippen LogP contribution in [0.4, 0.5) is 11.4 Å². The number of rotatable bonds is 5. The van der Waals surface area contributed by atoms with E-state index in [9.17, 15) is 18.0 Å². The molecule has 0 spiro atoms. The summed E-state index contributed by atoms with van der Waals surface area (Å²) in [7, 11) is -3.67. The summed E-state index contributed by atoms with van der Waals surface area (Å²) >= 11 is 0. The number of nitrogens with one attached hydrogen (secondary N) is 1. The molecule has 31 heavy (non-hydrogen) atoms. The van der Waals surface area contributed by atoms with Crippen LogP contribution in [0.2, 0.25) is 0 Å². The van der Waals surface area contributed by atoms with Crippen molar-refractivity contribution in [3.63, 3.8) is 0 Å². The monoisotopic (exact) mass is 440 g/mol. The zero-order valence-corrected chi connectivity index (χ0v) is 18.8. The third-order valence-corrected chi connectivity index (χ3v) is 8.46. The Morgan fingerprint density at radius 2 is 1.84 bits per heavy atom. The lowest BCUT2D eigenvalue weighted by molar-refractivity contribution is -0.117. The maximum atomic E-state index is 13.1. The van der Waals surface area contributed by atoms with Crippen LogP contribution in [0.15, 0.2) is 41.3 Å². The Morgan fingerprint density at radius 1 is 1.06 bits per heavy atom. The maximum absolute atomic E-state index is 13.1. The molecule has 0 aromatic heterocycles. The van der Waals surface area contributed by atoms with Crippen LogP contribution < -0.4 is 10.2 Å². The fourth-order valence-corrected chi connectivity index (χ4v) is 5.98. The van der Waals surface area contributed by atoms with Gasteiger partial charge in [0.25, 0.3) is 0 Å². The zero-order chi connectivity index (χ0) is 22.2. The smallest absolute Gasteiger partial charge is 0.225 e. The van der Waals surface area contributed by atoms with Crippen molar-refractivity contribution in [3.8, 4) is 0 Å². The number of nitrogens with zero attached hydrogens (tertiary/aromatic N) is 1. The average molecular weight is 441 g/mol. The molecule has 164 valence electrons. The van der Waals surface area contributed by atoms with Crippen LogP contribution in [-0.2, 0) is 38.7 Å². The number of amides is 2. The number of sulfone groups is 1. The van der Waals surface area contributed by atoms with Gasteiger partial charge >= 0.3 is 0 Å². The molecular weight excluding hydrogens is 412 g/mol. The van der Waals surface area contributed by atoms with E-state index in [0.29, 0.717) is 13.0 Å². The van der Waals surface area contributed by atoms with Crippen LogP contribution in [0.3, 0.4) is 0 Å². The highest BCUT2D eigenvalue weighted by molar-refractivity contribution is 7.92. The van der Waals surface area contributed by atoms with E-state index in [1.807, 2.05) is 12.1 Å². The molecule has 0 saturated carbocycles. The summed E-state index contributed by atoms with van der Waals surface area (Å²) in [5, 5.41) is 2.09. The molecule has 0 fully saturated rings. The molecule has 1 aliphatic heterocycles. The number of anilines is 2. The quantitative estimate of drug-likeness (QED) is 0.769. The molecule has 2 aromatic rings. The Bertz CT molecular complexity index is 1140. The Balaban J connectivity index is 1.48. The van der Waals surface area contributed by atoms with Crippen LogP contribution >= 0.6 is 0 Å². The van der Waals surface area contributed by atoms with Crippen LogP contribution in [0.1, 0.15) is 49.8 Å². The number of benzene rings is 2. The van der Waals surface area contributed by atoms with Crippen molar-refractivity contribution in [3.05, 3.63) is 53.1 Å². The molecule has 1 N–H and O–H groups in total. The van der Waals surface area contributed by atoms with Gasteiger partial charge in [0.2, 0.25) is 11.8 Å². The largest absolute Gasteiger partial charge is 0.326 e. The molecule has 2 aliphatic rings. The van der Waals surface area contributed by atoms with Gasteiger partial charge in [-0.15, -0.1) is 0 Å². The first kappa shape index (κ1) is 21.6. The van der Waals surface area contributed by atoms with E-state index in [4.69, 9.17) is 0 Å². The van der Waals surface area contributed by atoms with E-state index >= 15 is 0 Å². The number of carbonyl (C=O) groups is 2. The van der Waals surface area contributed by atoms with Crippen LogP contribution in [0.25, 0.3) is 0 Å². The van der Waals surface area contributed by atoms with E-state index < -0.39 is 15.1 Å². The molecule has 0 saturated heterocycles. The molecule has 1 atom stereocenters. The highest BCUT2D eigenvalue weighted by atomic mass is 32.2. The van der Waals surface area contributed by atoms with Gasteiger partial charge in [0.1, 0.15) is 0 Å². The summed E-state index contributed by atoms with van der Waals surface area (Å²) in [5.74, 6) is -0.346. The van der Waals surface area contributed by atoms with Gasteiger partial charge in [-0.2, -0.15) is 0 Å². The lowest BCUT2D eigenvalue weighted by atomic mass is 9.90. The second-order valence-electron chi connectivity index (χ2n) is 8.47. The minimum atomic E-state index is -3.67. The molecular formula is C24H28N2O4S. The van der Waals surface area contributed by atoms with Gasteiger partial charge < -0.3 is 10.2 Å². The minimum absolute atomic E-state index is 0.0532. The fraction of sp³-hybridized carbons (Fsp3) is 0.417. The van der Waals surface area contributed by atoms with Crippen molar-refractivity contribution in [2.75, 3.05) is 16.8 Å². The summed E-state index contributed by atoms with van der Waals surface area (Å²) in [6.45, 7) is 3.64. The highest BCUT2D eigenvalue weighted by Crippen LogP contribution is 2.32. The van der Waals surface area contributed by atoms with Gasteiger partial charge in [-0.3, -0.25) is 9.59 Å². The molecule has 4 rings (SSSR count). The lowest BCUT2D eigenvalue weighted by Crippen LogP contribution is -2.26. The predicted molar refractivity (Wildman–Crippen MR) is 121 cm³/mol. The predicted octanol–water partition coefficient (Wildman–Crippen LogP) is 3.67. The Hall–Kier alpha value is -2.67. The SMILES string of the molecule is CC(=O)N1CCc2cc(S(=O)(=O)[C@@H](C)CC(=O)Nc3cccc4c3CCCC4)ccc21. The highest BCUT2D eigenvalue weighted by Gasteiger charge is 2.29. The normalized spacial score (nSPS) is 16.4. The summed E-state index contributed by atoms with van der Waals surface area (Å²) in [6, 6.07) is 10.8. The van der Waals surface area contributed by atoms with Crippen molar-refractivity contribution >= 4 is 33.0 Å². The first-order valence-electron chi connectivity index (χ1n) is 10.8. The van der Waals surface area contributed by atoms with Gasteiger partial charge in [0, 0.05) is 31.3 Å². The fourth-order valence-electron chi connectivity index (χ4n) is 4.58. The summed E-state index contributed by atoms with van der Waals surface area (Å²) in [5.41, 5.74) is 4.86. The van der Waals surface area contributed by atoms with Crippen LogP contribution in [0, 0.1) is 0 Å². The molecule has 0 bridgehead atoms. The zero-order valence-electron chi connectivity index (χ0n) is 18.0. The number of hydrogen-bond acceptors (Lipinski definition) is 4. The maximum Gasteiger partial charge on any atom is 0.225 e. The van der Waals surface area contributed by atoms with E-state index in [1.54, 1.807) is 24.0 Å². The average Bonchev–Trinajstić information content (AvgIpc) is 3.17. The van der Waals surface area contributed by atoms with E-state index in [-0.39, 0.29) is 23.1 Å². The molecule has 2 amide bonds. The van der Waals surface area contributed by atoms with E-state index in [2.05, 4.69) is 11.4 Å². The third-order valence-electron chi connectivity index (χ3n) is 6.33. The van der Waals surface area contributed by atoms with Crippen LogP contribution in [0.5, 0.6) is 0 Å². The lowest BCUT2D eigenvalue weighted by Gasteiger charge is -2.20. The van der Waals surface area contributed by atoms with Crippen molar-refractivity contribution in [2.45, 2.75) is 62.5 Å². The number of hydrogen-bond donors (Lipinski definition) is 1. The number of aryl methyl sites for hydroxylation is 1. The second-order valence-corrected chi connectivity index (χ2v) is 10.8. The first-order valence-corrected chi connectivity index (χ1v) is 12.4. The second kappa shape index (κ2) is 8.46. The molecule has 6 nitrogen and oxygen atoms in total. The van der Waals surface area contributed by atoms with Gasteiger partial charge in [-0.25, -0.2) is 8.42 Å². The number of fused-ring (bicyclic) bond motifs is 2.